The van der Waals surface area contributed by atoms with Gasteiger partial charge in [-0.1, -0.05) is 350 Å². The van der Waals surface area contributed by atoms with Gasteiger partial charge in [0.1, 0.15) is 19.3 Å². The summed E-state index contributed by atoms with van der Waals surface area (Å²) < 4.78 is 68.6. The van der Waals surface area contributed by atoms with Gasteiger partial charge in [0, 0.05) is 25.7 Å². The SMILES string of the molecule is CCCCCCCCCCCCCCCCCC(=O)OC[C@H](COP(=O)(O)OC[C@@H](O)COP(=O)(O)OC[C@@H](COC(=O)CCCCCCCCCCC(C)CC)OC(=O)CCCCCCCCCCCCCC(C)C)OC(=O)CCCCCCCCCCCCCCCCC. The van der Waals surface area contributed by atoms with Crippen molar-refractivity contribution in [2.24, 2.45) is 11.8 Å². The van der Waals surface area contributed by atoms with E-state index in [1.165, 1.54) is 218 Å². The van der Waals surface area contributed by atoms with Gasteiger partial charge in [-0.3, -0.25) is 37.3 Å². The molecule has 0 rings (SSSR count). The van der Waals surface area contributed by atoms with E-state index in [0.29, 0.717) is 25.7 Å². The first-order valence-electron chi connectivity index (χ1n) is 40.0. The van der Waals surface area contributed by atoms with Crippen LogP contribution in [0.4, 0.5) is 0 Å². The van der Waals surface area contributed by atoms with Crippen molar-refractivity contribution in [3.8, 4) is 0 Å². The second-order valence-electron chi connectivity index (χ2n) is 28.5. The van der Waals surface area contributed by atoms with Crippen molar-refractivity contribution in [3.63, 3.8) is 0 Å². The average molecular weight is 1410 g/mol. The van der Waals surface area contributed by atoms with Crippen LogP contribution in [0, 0.1) is 11.8 Å². The average Bonchev–Trinajstić information content (AvgIpc) is 1.83. The molecule has 0 aromatic rings. The van der Waals surface area contributed by atoms with Gasteiger partial charge in [-0.2, -0.15) is 0 Å². The number of hydrogen-bond acceptors (Lipinski definition) is 15. The van der Waals surface area contributed by atoms with Crippen molar-refractivity contribution in [1.29, 1.82) is 0 Å². The van der Waals surface area contributed by atoms with E-state index in [9.17, 15) is 43.2 Å². The molecule has 3 unspecified atom stereocenters. The van der Waals surface area contributed by atoms with Crippen molar-refractivity contribution in [2.45, 2.75) is 419 Å². The molecule has 0 saturated heterocycles. The molecule has 0 heterocycles. The van der Waals surface area contributed by atoms with Crippen LogP contribution in [0.15, 0.2) is 0 Å². The number of aliphatic hydroxyl groups excluding tert-OH is 1. The summed E-state index contributed by atoms with van der Waals surface area (Å²) in [4.78, 5) is 72.9. The van der Waals surface area contributed by atoms with E-state index < -0.39 is 97.5 Å². The van der Waals surface area contributed by atoms with Crippen LogP contribution in [0.1, 0.15) is 401 Å². The van der Waals surface area contributed by atoms with Gasteiger partial charge in [0.15, 0.2) is 12.2 Å². The van der Waals surface area contributed by atoms with Crippen LogP contribution in [-0.2, 0) is 65.4 Å². The Bertz CT molecular complexity index is 1860. The number of phosphoric acid groups is 2. The van der Waals surface area contributed by atoms with Crippen LogP contribution < -0.4 is 0 Å². The standard InChI is InChI=1S/C77H150O17P2/c1-7-10-12-14-16-18-20-22-24-26-30-34-41-47-53-59-74(79)87-65-72(93-76(81)61-55-49-43-35-31-27-25-23-21-19-17-15-13-11-8-2)67-91-95(83,84)89-63-71(78)64-90-96(85,86)92-68-73(66-88-75(80)60-54-48-42-38-37-40-46-52-58-70(6)9-3)94-77(82)62-56-50-44-36-32-28-29-33-39-45-51-57-69(4)5/h69-73,78H,7-68H2,1-6H3,(H,83,84)(H,85,86)/t70?,71-,72-,73-/m1/s1. The zero-order valence-electron chi connectivity index (χ0n) is 62.7. The maximum atomic E-state index is 13.1. The summed E-state index contributed by atoms with van der Waals surface area (Å²) >= 11 is 0. The van der Waals surface area contributed by atoms with Crippen molar-refractivity contribution < 1.29 is 80.2 Å². The Labute approximate surface area is 588 Å². The molecule has 6 atom stereocenters. The van der Waals surface area contributed by atoms with Crippen LogP contribution in [0.5, 0.6) is 0 Å². The largest absolute Gasteiger partial charge is 0.472 e. The number of carbonyl (C=O) groups is 4. The topological polar surface area (TPSA) is 237 Å². The Morgan fingerprint density at radius 1 is 0.302 bits per heavy atom. The quantitative estimate of drug-likeness (QED) is 0.0222. The van der Waals surface area contributed by atoms with Crippen LogP contribution in [0.2, 0.25) is 0 Å². The molecule has 0 spiro atoms. The number of ether oxygens (including phenoxy) is 4. The van der Waals surface area contributed by atoms with Gasteiger partial charge in [0.05, 0.1) is 26.4 Å². The van der Waals surface area contributed by atoms with Crippen molar-refractivity contribution >= 4 is 39.5 Å². The predicted molar refractivity (Wildman–Crippen MR) is 391 cm³/mol. The van der Waals surface area contributed by atoms with Crippen molar-refractivity contribution in [1.82, 2.24) is 0 Å². The van der Waals surface area contributed by atoms with E-state index in [2.05, 4.69) is 41.5 Å². The minimum atomic E-state index is -4.96. The summed E-state index contributed by atoms with van der Waals surface area (Å²) in [5, 5.41) is 10.6. The zero-order valence-corrected chi connectivity index (χ0v) is 64.5. The smallest absolute Gasteiger partial charge is 0.462 e. The van der Waals surface area contributed by atoms with Crippen LogP contribution in [0.3, 0.4) is 0 Å². The molecule has 0 amide bonds. The first kappa shape index (κ1) is 94.1. The number of hydrogen-bond donors (Lipinski definition) is 3. The summed E-state index contributed by atoms with van der Waals surface area (Å²) in [6, 6.07) is 0. The third-order valence-corrected chi connectivity index (χ3v) is 20.2. The molecule has 0 radical (unpaired) electrons. The van der Waals surface area contributed by atoms with Gasteiger partial charge in [0.2, 0.25) is 0 Å². The predicted octanol–water partition coefficient (Wildman–Crippen LogP) is 22.7. The molecule has 0 aliphatic rings. The van der Waals surface area contributed by atoms with E-state index in [4.69, 9.17) is 37.0 Å². The molecule has 0 fully saturated rings. The third-order valence-electron chi connectivity index (χ3n) is 18.3. The summed E-state index contributed by atoms with van der Waals surface area (Å²) in [6.45, 7) is 9.62. The zero-order chi connectivity index (χ0) is 70.7. The molecule has 0 aromatic carbocycles. The van der Waals surface area contributed by atoms with E-state index in [-0.39, 0.29) is 25.7 Å². The Balaban J connectivity index is 5.27. The summed E-state index contributed by atoms with van der Waals surface area (Å²) in [5.74, 6) is -0.569. The van der Waals surface area contributed by atoms with Gasteiger partial charge in [-0.15, -0.1) is 0 Å². The van der Waals surface area contributed by atoms with E-state index in [0.717, 1.165) is 102 Å². The van der Waals surface area contributed by atoms with Crippen LogP contribution in [-0.4, -0.2) is 96.7 Å². The highest BCUT2D eigenvalue weighted by atomic mass is 31.2. The number of esters is 4. The monoisotopic (exact) mass is 1410 g/mol. The molecule has 96 heavy (non-hydrogen) atoms. The minimum absolute atomic E-state index is 0.106. The van der Waals surface area contributed by atoms with Gasteiger partial charge in [0.25, 0.3) is 0 Å². The summed E-state index contributed by atoms with van der Waals surface area (Å²) in [5.41, 5.74) is 0. The lowest BCUT2D eigenvalue weighted by atomic mass is 9.99. The summed E-state index contributed by atoms with van der Waals surface area (Å²) in [6.07, 6.45) is 56.7. The molecule has 570 valence electrons. The lowest BCUT2D eigenvalue weighted by Gasteiger charge is -2.21. The highest BCUT2D eigenvalue weighted by Gasteiger charge is 2.30. The number of aliphatic hydroxyl groups is 1. The van der Waals surface area contributed by atoms with Crippen molar-refractivity contribution in [3.05, 3.63) is 0 Å². The molecule has 0 aliphatic carbocycles. The van der Waals surface area contributed by atoms with E-state index >= 15 is 0 Å². The molecule has 0 saturated carbocycles. The molecule has 19 heteroatoms. The number of carbonyl (C=O) groups excluding carboxylic acids is 4. The molecule has 0 bridgehead atoms. The maximum Gasteiger partial charge on any atom is 0.472 e. The second kappa shape index (κ2) is 68.8. The second-order valence-corrected chi connectivity index (χ2v) is 31.4. The van der Waals surface area contributed by atoms with Crippen molar-refractivity contribution in [2.75, 3.05) is 39.6 Å². The molecule has 3 N–H and O–H groups in total. The number of rotatable bonds is 76. The first-order valence-corrected chi connectivity index (χ1v) is 43.0. The third kappa shape index (κ3) is 69.2. The fraction of sp³-hybridized carbons (Fsp3) is 0.948. The van der Waals surface area contributed by atoms with E-state index in [1.807, 2.05) is 0 Å². The molecule has 0 aliphatic heterocycles. The molecular formula is C77H150O17P2. The number of phosphoric ester groups is 2. The number of unbranched alkanes of at least 4 members (excludes halogenated alkanes) is 45. The lowest BCUT2D eigenvalue weighted by Crippen LogP contribution is -2.30. The Hall–Kier alpha value is -1.94. The first-order chi connectivity index (χ1) is 46.4. The molecule has 0 aromatic heterocycles. The highest BCUT2D eigenvalue weighted by molar-refractivity contribution is 7.47. The summed E-state index contributed by atoms with van der Waals surface area (Å²) in [7, 11) is -9.91. The van der Waals surface area contributed by atoms with Gasteiger partial charge in [-0.25, -0.2) is 9.13 Å². The normalized spacial score (nSPS) is 14.3. The fourth-order valence-electron chi connectivity index (χ4n) is 11.8. The highest BCUT2D eigenvalue weighted by Crippen LogP contribution is 2.45. The van der Waals surface area contributed by atoms with Gasteiger partial charge in [-0.05, 0) is 37.5 Å². The Morgan fingerprint density at radius 2 is 0.531 bits per heavy atom. The molecular weight excluding hydrogens is 1260 g/mol. The Kier molecular flexibility index (Phi) is 67.4. The van der Waals surface area contributed by atoms with Gasteiger partial charge < -0.3 is 33.8 Å². The van der Waals surface area contributed by atoms with Gasteiger partial charge >= 0.3 is 39.5 Å². The minimum Gasteiger partial charge on any atom is -0.462 e. The van der Waals surface area contributed by atoms with Crippen LogP contribution >= 0.6 is 15.6 Å². The molecule has 17 nitrogen and oxygen atoms in total. The van der Waals surface area contributed by atoms with E-state index in [1.54, 1.807) is 0 Å². The lowest BCUT2D eigenvalue weighted by molar-refractivity contribution is -0.161. The maximum absolute atomic E-state index is 13.1. The fourth-order valence-corrected chi connectivity index (χ4v) is 13.4. The van der Waals surface area contributed by atoms with Crippen LogP contribution in [0.25, 0.3) is 0 Å². The Morgan fingerprint density at radius 3 is 0.792 bits per heavy atom.